The van der Waals surface area contributed by atoms with Crippen LogP contribution < -0.4 is 14.8 Å². The van der Waals surface area contributed by atoms with Gasteiger partial charge in [-0.3, -0.25) is 4.79 Å². The molecule has 3 rings (SSSR count). The maximum absolute atomic E-state index is 12.5. The van der Waals surface area contributed by atoms with E-state index in [1.54, 1.807) is 26.5 Å². The fourth-order valence-electron chi connectivity index (χ4n) is 2.85. The predicted molar refractivity (Wildman–Crippen MR) is 100 cm³/mol. The largest absolute Gasteiger partial charge is 0.493 e. The third-order valence-corrected chi connectivity index (χ3v) is 4.45. The molecule has 138 valence electrons. The molecule has 1 saturated heterocycles. The number of rotatable bonds is 5. The molecule has 7 heteroatoms. The first-order valence-corrected chi connectivity index (χ1v) is 8.53. The maximum atomic E-state index is 12.5. The summed E-state index contributed by atoms with van der Waals surface area (Å²) in [4.78, 5) is 20.9. The smallest absolute Gasteiger partial charge is 0.272 e. The highest BCUT2D eigenvalue weighted by atomic mass is 16.5. The van der Waals surface area contributed by atoms with Crippen molar-refractivity contribution < 1.29 is 14.3 Å². The predicted octanol–water partition coefficient (Wildman–Crippen LogP) is 2.23. The molecule has 0 aliphatic carbocycles. The standard InChI is InChI=1S/C19H24N4O3/c1-22-8-10-23(11-9-22)19(24)16-6-4-15(13-20-16)21-14-5-7-17(25-2)18(12-14)26-3/h4-7,12-13,21H,8-11H2,1-3H3. The van der Waals surface area contributed by atoms with Gasteiger partial charge in [0.2, 0.25) is 0 Å². The number of carbonyl (C=O) groups excluding carboxylic acids is 1. The Bertz CT molecular complexity index is 756. The Balaban J connectivity index is 1.67. The van der Waals surface area contributed by atoms with Crippen molar-refractivity contribution >= 4 is 17.3 Å². The number of benzene rings is 1. The van der Waals surface area contributed by atoms with Crippen LogP contribution in [0.5, 0.6) is 11.5 Å². The van der Waals surface area contributed by atoms with Gasteiger partial charge >= 0.3 is 0 Å². The van der Waals surface area contributed by atoms with Gasteiger partial charge in [-0.2, -0.15) is 0 Å². The molecule has 1 fully saturated rings. The van der Waals surface area contributed by atoms with E-state index in [9.17, 15) is 4.79 Å². The van der Waals surface area contributed by atoms with Gasteiger partial charge in [0.25, 0.3) is 5.91 Å². The zero-order chi connectivity index (χ0) is 18.5. The lowest BCUT2D eigenvalue weighted by Crippen LogP contribution is -2.47. The highest BCUT2D eigenvalue weighted by molar-refractivity contribution is 5.92. The number of amides is 1. The summed E-state index contributed by atoms with van der Waals surface area (Å²) in [5, 5.41) is 3.25. The van der Waals surface area contributed by atoms with Crippen LogP contribution in [0.15, 0.2) is 36.5 Å². The number of ether oxygens (including phenoxy) is 2. The van der Waals surface area contributed by atoms with E-state index in [1.807, 2.05) is 29.2 Å². The van der Waals surface area contributed by atoms with Crippen LogP contribution >= 0.6 is 0 Å². The van der Waals surface area contributed by atoms with Crippen LogP contribution in [0.1, 0.15) is 10.5 Å². The van der Waals surface area contributed by atoms with Crippen molar-refractivity contribution in [1.29, 1.82) is 0 Å². The molecule has 0 unspecified atom stereocenters. The van der Waals surface area contributed by atoms with Crippen molar-refractivity contribution in [2.45, 2.75) is 0 Å². The van der Waals surface area contributed by atoms with E-state index < -0.39 is 0 Å². The molecule has 1 amide bonds. The highest BCUT2D eigenvalue weighted by Crippen LogP contribution is 2.31. The van der Waals surface area contributed by atoms with E-state index in [4.69, 9.17) is 9.47 Å². The van der Waals surface area contributed by atoms with Crippen LogP contribution in [-0.2, 0) is 0 Å². The molecular formula is C19H24N4O3. The lowest BCUT2D eigenvalue weighted by molar-refractivity contribution is 0.0658. The molecule has 1 aromatic carbocycles. The molecule has 0 atom stereocenters. The summed E-state index contributed by atoms with van der Waals surface area (Å²) in [6.07, 6.45) is 1.67. The van der Waals surface area contributed by atoms with E-state index >= 15 is 0 Å². The number of anilines is 2. The first-order chi connectivity index (χ1) is 12.6. The zero-order valence-electron chi connectivity index (χ0n) is 15.4. The van der Waals surface area contributed by atoms with Gasteiger partial charge in [-0.05, 0) is 31.3 Å². The Morgan fingerprint density at radius 1 is 1.00 bits per heavy atom. The summed E-state index contributed by atoms with van der Waals surface area (Å²) in [6.45, 7) is 3.26. The lowest BCUT2D eigenvalue weighted by Gasteiger charge is -2.32. The van der Waals surface area contributed by atoms with Gasteiger partial charge in [-0.25, -0.2) is 4.98 Å². The van der Waals surface area contributed by atoms with Gasteiger partial charge < -0.3 is 24.6 Å². The Kier molecular flexibility index (Phi) is 5.58. The molecule has 0 saturated carbocycles. The van der Waals surface area contributed by atoms with Crippen LogP contribution in [0, 0.1) is 0 Å². The molecule has 0 radical (unpaired) electrons. The second-order valence-electron chi connectivity index (χ2n) is 6.22. The van der Waals surface area contributed by atoms with Crippen molar-refractivity contribution in [1.82, 2.24) is 14.8 Å². The fraction of sp³-hybridized carbons (Fsp3) is 0.368. The van der Waals surface area contributed by atoms with Crippen LogP contribution in [-0.4, -0.2) is 68.1 Å². The number of aromatic nitrogens is 1. The second kappa shape index (κ2) is 8.05. The van der Waals surface area contributed by atoms with Crippen molar-refractivity contribution in [2.75, 3.05) is 52.8 Å². The SMILES string of the molecule is COc1ccc(Nc2ccc(C(=O)N3CCN(C)CC3)nc2)cc1OC. The van der Waals surface area contributed by atoms with E-state index in [0.29, 0.717) is 17.2 Å². The van der Waals surface area contributed by atoms with Gasteiger partial charge in [-0.15, -0.1) is 0 Å². The summed E-state index contributed by atoms with van der Waals surface area (Å²) >= 11 is 0. The van der Waals surface area contributed by atoms with Gasteiger partial charge in [0.05, 0.1) is 26.1 Å². The van der Waals surface area contributed by atoms with E-state index in [0.717, 1.165) is 37.6 Å². The second-order valence-corrected chi connectivity index (χ2v) is 6.22. The number of piperazine rings is 1. The Morgan fingerprint density at radius 3 is 2.31 bits per heavy atom. The van der Waals surface area contributed by atoms with Crippen LogP contribution in [0.3, 0.4) is 0 Å². The quantitative estimate of drug-likeness (QED) is 0.886. The summed E-state index contributed by atoms with van der Waals surface area (Å²) in [5.74, 6) is 1.30. The average molecular weight is 356 g/mol. The van der Waals surface area contributed by atoms with Crippen molar-refractivity contribution in [2.24, 2.45) is 0 Å². The van der Waals surface area contributed by atoms with Crippen molar-refractivity contribution in [3.63, 3.8) is 0 Å². The van der Waals surface area contributed by atoms with E-state index in [-0.39, 0.29) is 5.91 Å². The monoisotopic (exact) mass is 356 g/mol. The molecule has 2 heterocycles. The number of hydrogen-bond acceptors (Lipinski definition) is 6. The summed E-state index contributed by atoms with van der Waals surface area (Å²) < 4.78 is 10.5. The van der Waals surface area contributed by atoms with Gasteiger partial charge in [0, 0.05) is 37.9 Å². The van der Waals surface area contributed by atoms with E-state index in [1.165, 1.54) is 0 Å². The van der Waals surface area contributed by atoms with Crippen LogP contribution in [0.4, 0.5) is 11.4 Å². The Labute approximate surface area is 153 Å². The Morgan fingerprint density at radius 2 is 1.69 bits per heavy atom. The summed E-state index contributed by atoms with van der Waals surface area (Å²) in [5.41, 5.74) is 2.11. The van der Waals surface area contributed by atoms with E-state index in [2.05, 4.69) is 22.2 Å². The number of nitrogens with zero attached hydrogens (tertiary/aromatic N) is 3. The van der Waals surface area contributed by atoms with Crippen LogP contribution in [0.25, 0.3) is 0 Å². The third kappa shape index (κ3) is 4.05. The van der Waals surface area contributed by atoms with Gasteiger partial charge in [0.15, 0.2) is 11.5 Å². The highest BCUT2D eigenvalue weighted by Gasteiger charge is 2.21. The minimum absolute atomic E-state index is 0.0178. The molecule has 7 nitrogen and oxygen atoms in total. The minimum atomic E-state index is -0.0178. The van der Waals surface area contributed by atoms with Crippen molar-refractivity contribution in [3.8, 4) is 11.5 Å². The molecule has 26 heavy (non-hydrogen) atoms. The van der Waals surface area contributed by atoms with Gasteiger partial charge in [-0.1, -0.05) is 0 Å². The molecule has 1 aliphatic rings. The zero-order valence-corrected chi connectivity index (χ0v) is 15.4. The number of methoxy groups -OCH3 is 2. The maximum Gasteiger partial charge on any atom is 0.272 e. The molecule has 1 aromatic heterocycles. The van der Waals surface area contributed by atoms with Gasteiger partial charge in [0.1, 0.15) is 5.69 Å². The first kappa shape index (κ1) is 18.0. The first-order valence-electron chi connectivity index (χ1n) is 8.53. The average Bonchev–Trinajstić information content (AvgIpc) is 2.68. The number of hydrogen-bond donors (Lipinski definition) is 1. The lowest BCUT2D eigenvalue weighted by atomic mass is 10.2. The molecule has 1 aliphatic heterocycles. The topological polar surface area (TPSA) is 66.9 Å². The molecule has 0 spiro atoms. The number of likely N-dealkylation sites (N-methyl/N-ethyl adjacent to an activating group) is 1. The fourth-order valence-corrected chi connectivity index (χ4v) is 2.85. The molecular weight excluding hydrogens is 332 g/mol. The normalized spacial score (nSPS) is 14.8. The molecule has 1 N–H and O–H groups in total. The number of pyridine rings is 1. The van der Waals surface area contributed by atoms with Crippen molar-refractivity contribution in [3.05, 3.63) is 42.2 Å². The summed E-state index contributed by atoms with van der Waals surface area (Å²) in [7, 11) is 5.27. The third-order valence-electron chi connectivity index (χ3n) is 4.45. The number of nitrogens with one attached hydrogen (secondary N) is 1. The Hall–Kier alpha value is -2.80. The van der Waals surface area contributed by atoms with Crippen LogP contribution in [0.2, 0.25) is 0 Å². The number of carbonyl (C=O) groups is 1. The summed E-state index contributed by atoms with van der Waals surface area (Å²) in [6, 6.07) is 9.18. The minimum Gasteiger partial charge on any atom is -0.493 e. The molecule has 2 aromatic rings. The molecule has 0 bridgehead atoms.